The molecule has 1 saturated heterocycles. The Balaban J connectivity index is 1.28. The van der Waals surface area contributed by atoms with Gasteiger partial charge in [0, 0.05) is 44.3 Å². The molecule has 0 aliphatic carbocycles. The Bertz CT molecular complexity index is 1080. The maximum atomic E-state index is 13.1. The van der Waals surface area contributed by atoms with Crippen LogP contribution in [0, 0.1) is 0 Å². The molecule has 1 fully saturated rings. The molecule has 0 unspecified atom stereocenters. The molecule has 0 bridgehead atoms. The molecule has 0 spiro atoms. The van der Waals surface area contributed by atoms with Gasteiger partial charge >= 0.3 is 0 Å². The Kier molecular flexibility index (Phi) is 4.72. The molecule has 0 radical (unpaired) electrons. The number of amides is 1. The lowest BCUT2D eigenvalue weighted by Gasteiger charge is -2.34. The Morgan fingerprint density at radius 1 is 1.00 bits per heavy atom. The summed E-state index contributed by atoms with van der Waals surface area (Å²) in [4.78, 5) is 24.2. The fourth-order valence-corrected chi connectivity index (χ4v) is 5.12. The number of fused-ring (bicyclic) bond motifs is 1. The summed E-state index contributed by atoms with van der Waals surface area (Å²) >= 11 is 3.19. The largest absolute Gasteiger partial charge is 0.335 e. The van der Waals surface area contributed by atoms with E-state index in [9.17, 15) is 4.79 Å². The third-order valence-electron chi connectivity index (χ3n) is 5.11. The molecule has 4 aromatic rings. The molecule has 1 aromatic carbocycles. The number of thiazole rings is 1. The number of benzene rings is 1. The van der Waals surface area contributed by atoms with Gasteiger partial charge in [0.2, 0.25) is 0 Å². The van der Waals surface area contributed by atoms with Crippen LogP contribution in [-0.2, 0) is 6.54 Å². The Labute approximate surface area is 171 Å². The first-order chi connectivity index (χ1) is 13.8. The Morgan fingerprint density at radius 2 is 1.82 bits per heavy atom. The van der Waals surface area contributed by atoms with E-state index in [0.717, 1.165) is 48.3 Å². The first-order valence-electron chi connectivity index (χ1n) is 9.34. The van der Waals surface area contributed by atoms with Crippen LogP contribution in [0.3, 0.4) is 0 Å². The molecule has 7 heteroatoms. The van der Waals surface area contributed by atoms with Gasteiger partial charge in [-0.25, -0.2) is 4.98 Å². The van der Waals surface area contributed by atoms with E-state index in [4.69, 9.17) is 0 Å². The first-order valence-corrected chi connectivity index (χ1v) is 11.1. The quantitative estimate of drug-likeness (QED) is 0.511. The second-order valence-electron chi connectivity index (χ2n) is 6.93. The predicted octanol–water partition coefficient (Wildman–Crippen LogP) is 4.08. The van der Waals surface area contributed by atoms with Gasteiger partial charge in [-0.15, -0.1) is 22.7 Å². The van der Waals surface area contributed by atoms with Crippen LogP contribution in [0.4, 0.5) is 0 Å². The second-order valence-corrected chi connectivity index (χ2v) is 8.72. The van der Waals surface area contributed by atoms with Crippen molar-refractivity contribution < 1.29 is 4.79 Å². The summed E-state index contributed by atoms with van der Waals surface area (Å²) in [5, 5.41) is 3.98. The number of hydrogen-bond donors (Lipinski definition) is 0. The number of piperazine rings is 1. The number of carbonyl (C=O) groups excluding carboxylic acids is 1. The number of aromatic nitrogens is 2. The normalized spacial score (nSPS) is 15.4. The molecule has 0 N–H and O–H groups in total. The summed E-state index contributed by atoms with van der Waals surface area (Å²) in [5.41, 5.74) is 2.97. The molecule has 4 heterocycles. The minimum Gasteiger partial charge on any atom is -0.335 e. The summed E-state index contributed by atoms with van der Waals surface area (Å²) < 4.78 is 1.94. The Hall–Kier alpha value is -2.48. The maximum absolute atomic E-state index is 13.1. The zero-order valence-electron chi connectivity index (χ0n) is 15.3. The van der Waals surface area contributed by atoms with Gasteiger partial charge in [0.1, 0.15) is 11.4 Å². The van der Waals surface area contributed by atoms with Gasteiger partial charge in [-0.05, 0) is 17.0 Å². The predicted molar refractivity (Wildman–Crippen MR) is 114 cm³/mol. The summed E-state index contributed by atoms with van der Waals surface area (Å²) in [5.74, 6) is 0.0979. The van der Waals surface area contributed by atoms with E-state index in [2.05, 4.69) is 40.2 Å². The van der Waals surface area contributed by atoms with Crippen LogP contribution in [0.1, 0.15) is 16.1 Å². The number of rotatable bonds is 4. The maximum Gasteiger partial charge on any atom is 0.271 e. The van der Waals surface area contributed by atoms with E-state index in [1.54, 1.807) is 11.3 Å². The van der Waals surface area contributed by atoms with Crippen LogP contribution < -0.4 is 0 Å². The van der Waals surface area contributed by atoms with Crippen molar-refractivity contribution in [3.8, 4) is 10.6 Å². The molecular weight excluding hydrogens is 388 g/mol. The third kappa shape index (κ3) is 3.37. The molecule has 1 aliphatic heterocycles. The summed E-state index contributed by atoms with van der Waals surface area (Å²) in [7, 11) is 0. The summed E-state index contributed by atoms with van der Waals surface area (Å²) in [6, 6.07) is 14.6. The fraction of sp³-hybridized carbons (Fsp3) is 0.238. The van der Waals surface area contributed by atoms with E-state index in [1.807, 2.05) is 38.4 Å². The van der Waals surface area contributed by atoms with Crippen LogP contribution in [0.25, 0.3) is 15.5 Å². The lowest BCUT2D eigenvalue weighted by molar-refractivity contribution is 0.0622. The highest BCUT2D eigenvalue weighted by atomic mass is 32.1. The minimum atomic E-state index is 0.0979. The average molecular weight is 409 g/mol. The monoisotopic (exact) mass is 408 g/mol. The smallest absolute Gasteiger partial charge is 0.271 e. The van der Waals surface area contributed by atoms with E-state index >= 15 is 0 Å². The summed E-state index contributed by atoms with van der Waals surface area (Å²) in [6.07, 6.45) is 1.98. The molecule has 142 valence electrons. The van der Waals surface area contributed by atoms with Crippen molar-refractivity contribution in [1.82, 2.24) is 19.2 Å². The zero-order chi connectivity index (χ0) is 18.9. The highest BCUT2D eigenvalue weighted by molar-refractivity contribution is 7.15. The molecule has 5 rings (SSSR count). The molecule has 0 saturated carbocycles. The van der Waals surface area contributed by atoms with Crippen LogP contribution in [0.2, 0.25) is 0 Å². The highest BCUT2D eigenvalue weighted by Crippen LogP contribution is 2.27. The SMILES string of the molecule is O=C(c1csc2nc(-c3cccs3)cn12)N1CCN(Cc2ccccc2)CC1. The van der Waals surface area contributed by atoms with E-state index in [1.165, 1.54) is 16.9 Å². The van der Waals surface area contributed by atoms with Crippen molar-refractivity contribution in [2.24, 2.45) is 0 Å². The molecule has 0 atom stereocenters. The molecule has 5 nitrogen and oxygen atoms in total. The Morgan fingerprint density at radius 3 is 2.57 bits per heavy atom. The summed E-state index contributed by atoms with van der Waals surface area (Å²) in [6.45, 7) is 4.26. The lowest BCUT2D eigenvalue weighted by atomic mass is 10.2. The van der Waals surface area contributed by atoms with Gasteiger partial charge in [-0.1, -0.05) is 36.4 Å². The topological polar surface area (TPSA) is 40.9 Å². The van der Waals surface area contributed by atoms with Crippen molar-refractivity contribution in [3.05, 3.63) is 70.7 Å². The lowest BCUT2D eigenvalue weighted by Crippen LogP contribution is -2.48. The number of nitrogens with zero attached hydrogens (tertiary/aromatic N) is 4. The van der Waals surface area contributed by atoms with Crippen LogP contribution in [-0.4, -0.2) is 51.3 Å². The van der Waals surface area contributed by atoms with E-state index < -0.39 is 0 Å². The van der Waals surface area contributed by atoms with Crippen molar-refractivity contribution in [2.75, 3.05) is 26.2 Å². The molecule has 28 heavy (non-hydrogen) atoms. The van der Waals surface area contributed by atoms with Crippen LogP contribution in [0.15, 0.2) is 59.4 Å². The molecular formula is C21H20N4OS2. The van der Waals surface area contributed by atoms with Crippen molar-refractivity contribution in [2.45, 2.75) is 6.54 Å². The highest BCUT2D eigenvalue weighted by Gasteiger charge is 2.25. The van der Waals surface area contributed by atoms with Crippen molar-refractivity contribution in [1.29, 1.82) is 0 Å². The van der Waals surface area contributed by atoms with Gasteiger partial charge in [-0.3, -0.25) is 14.1 Å². The van der Waals surface area contributed by atoms with Crippen LogP contribution >= 0.6 is 22.7 Å². The zero-order valence-corrected chi connectivity index (χ0v) is 17.0. The molecule has 1 amide bonds. The van der Waals surface area contributed by atoms with E-state index in [0.29, 0.717) is 5.69 Å². The average Bonchev–Trinajstić information content (AvgIpc) is 3.45. The number of imidazole rings is 1. The third-order valence-corrected chi connectivity index (χ3v) is 6.84. The van der Waals surface area contributed by atoms with Gasteiger partial charge in [0.05, 0.1) is 4.88 Å². The second kappa shape index (κ2) is 7.50. The van der Waals surface area contributed by atoms with Gasteiger partial charge < -0.3 is 4.90 Å². The number of thiophene rings is 1. The first kappa shape index (κ1) is 17.6. The van der Waals surface area contributed by atoms with E-state index in [-0.39, 0.29) is 5.91 Å². The number of carbonyl (C=O) groups is 1. The number of hydrogen-bond acceptors (Lipinski definition) is 5. The standard InChI is InChI=1S/C21H20N4OS2/c26-20(24-10-8-23(9-11-24)13-16-5-2-1-3-6-16)18-15-28-21-22-17(14-25(18)21)19-7-4-12-27-19/h1-7,12,14-15H,8-11,13H2. The minimum absolute atomic E-state index is 0.0979. The van der Waals surface area contributed by atoms with Crippen LogP contribution in [0.5, 0.6) is 0 Å². The van der Waals surface area contributed by atoms with Gasteiger partial charge in [0.25, 0.3) is 5.91 Å². The molecule has 3 aromatic heterocycles. The van der Waals surface area contributed by atoms with Gasteiger partial charge in [0.15, 0.2) is 4.96 Å². The van der Waals surface area contributed by atoms with Gasteiger partial charge in [-0.2, -0.15) is 0 Å². The van der Waals surface area contributed by atoms with Crippen molar-refractivity contribution >= 4 is 33.5 Å². The molecule has 1 aliphatic rings. The fourth-order valence-electron chi connectivity index (χ4n) is 3.59. The van der Waals surface area contributed by atoms with Crippen molar-refractivity contribution in [3.63, 3.8) is 0 Å².